The molecule has 0 aliphatic heterocycles. The van der Waals surface area contributed by atoms with Gasteiger partial charge in [-0.05, 0) is 99.4 Å². The van der Waals surface area contributed by atoms with Gasteiger partial charge in [0.15, 0.2) is 0 Å². The number of hydrogen-bond acceptors (Lipinski definition) is 0. The number of fused-ring (bicyclic) bond motifs is 9. The van der Waals surface area contributed by atoms with Crippen molar-refractivity contribution in [3.05, 3.63) is 170 Å². The van der Waals surface area contributed by atoms with Crippen LogP contribution in [-0.4, -0.2) is 9.13 Å². The van der Waals surface area contributed by atoms with Crippen molar-refractivity contribution in [2.24, 2.45) is 0 Å². The first-order valence-corrected chi connectivity index (χ1v) is 15.9. The summed E-state index contributed by atoms with van der Waals surface area (Å²) in [5.41, 5.74) is 9.67. The van der Waals surface area contributed by atoms with E-state index in [0.717, 1.165) is 5.69 Å². The van der Waals surface area contributed by atoms with Crippen LogP contribution in [0.2, 0.25) is 0 Å². The molecule has 2 heterocycles. The number of benzene rings is 8. The second kappa shape index (κ2) is 9.69. The van der Waals surface area contributed by atoms with Gasteiger partial charge in [0, 0.05) is 32.9 Å². The third kappa shape index (κ3) is 3.65. The van der Waals surface area contributed by atoms with E-state index in [1.807, 2.05) is 0 Å². The Morgan fingerprint density at radius 1 is 0.283 bits per heavy atom. The summed E-state index contributed by atoms with van der Waals surface area (Å²) in [5, 5.41) is 10.2. The second-order valence-corrected chi connectivity index (χ2v) is 12.2. The lowest BCUT2D eigenvalue weighted by molar-refractivity contribution is 1.18. The highest BCUT2D eigenvalue weighted by molar-refractivity contribution is 6.23. The zero-order valence-electron chi connectivity index (χ0n) is 25.1. The summed E-state index contributed by atoms with van der Waals surface area (Å²) >= 11 is 0. The van der Waals surface area contributed by atoms with Crippen LogP contribution in [0.1, 0.15) is 0 Å². The van der Waals surface area contributed by atoms with Crippen LogP contribution in [0, 0.1) is 0 Å². The Hall–Kier alpha value is -6.12. The molecule has 2 aromatic heterocycles. The molecule has 0 saturated heterocycles. The highest BCUT2D eigenvalue weighted by Gasteiger charge is 2.16. The summed E-state index contributed by atoms with van der Waals surface area (Å²) in [4.78, 5) is 0. The van der Waals surface area contributed by atoms with Crippen LogP contribution in [0.3, 0.4) is 0 Å². The molecule has 0 saturated carbocycles. The smallest absolute Gasteiger partial charge is 0.0547 e. The molecule has 2 heteroatoms. The van der Waals surface area contributed by atoms with Gasteiger partial charge in [0.05, 0.1) is 22.1 Å². The van der Waals surface area contributed by atoms with Crippen LogP contribution in [0.15, 0.2) is 170 Å². The highest BCUT2D eigenvalue weighted by atomic mass is 15.0. The van der Waals surface area contributed by atoms with Crippen molar-refractivity contribution in [2.75, 3.05) is 0 Å². The summed E-state index contributed by atoms with van der Waals surface area (Å²) in [6.07, 6.45) is 0. The highest BCUT2D eigenvalue weighted by Crippen LogP contribution is 2.39. The van der Waals surface area contributed by atoms with Crippen LogP contribution in [0.25, 0.3) is 87.7 Å². The van der Waals surface area contributed by atoms with Crippen molar-refractivity contribution in [2.45, 2.75) is 0 Å². The van der Waals surface area contributed by atoms with Crippen molar-refractivity contribution in [1.29, 1.82) is 0 Å². The normalized spacial score (nSPS) is 11.9. The minimum Gasteiger partial charge on any atom is -0.309 e. The molecule has 214 valence electrons. The van der Waals surface area contributed by atoms with Gasteiger partial charge in [0.2, 0.25) is 0 Å². The molecule has 0 aliphatic carbocycles. The molecule has 0 N–H and O–H groups in total. The molecule has 0 fully saturated rings. The van der Waals surface area contributed by atoms with Gasteiger partial charge in [-0.1, -0.05) is 103 Å². The molecule has 2 nitrogen and oxygen atoms in total. The molecule has 10 aromatic rings. The van der Waals surface area contributed by atoms with Gasteiger partial charge in [0.25, 0.3) is 0 Å². The fourth-order valence-electron chi connectivity index (χ4n) is 7.57. The maximum absolute atomic E-state index is 2.42. The SMILES string of the molecule is c1ccc(-n2c3ccccc3c3cc(-c4ccc(-n5c6ccccc6c6c7cc8ccccc8cc7ccc65)cc4)ccc32)cc1. The van der Waals surface area contributed by atoms with Gasteiger partial charge in [-0.2, -0.15) is 0 Å². The Bertz CT molecular complexity index is 2780. The lowest BCUT2D eigenvalue weighted by Crippen LogP contribution is -1.94. The van der Waals surface area contributed by atoms with Crippen LogP contribution in [0.4, 0.5) is 0 Å². The summed E-state index contributed by atoms with van der Waals surface area (Å²) in [6.45, 7) is 0. The van der Waals surface area contributed by atoms with E-state index in [9.17, 15) is 0 Å². The minimum atomic E-state index is 1.16. The van der Waals surface area contributed by atoms with Crippen molar-refractivity contribution in [3.8, 4) is 22.5 Å². The Morgan fingerprint density at radius 3 is 1.65 bits per heavy atom. The molecule has 8 aromatic carbocycles. The minimum absolute atomic E-state index is 1.16. The number of hydrogen-bond donors (Lipinski definition) is 0. The fraction of sp³-hybridized carbons (Fsp3) is 0. The molecular weight excluding hydrogens is 556 g/mol. The summed E-state index contributed by atoms with van der Waals surface area (Å²) in [7, 11) is 0. The topological polar surface area (TPSA) is 9.86 Å². The molecule has 0 spiro atoms. The van der Waals surface area contributed by atoms with Gasteiger partial charge >= 0.3 is 0 Å². The molecule has 0 aliphatic rings. The maximum atomic E-state index is 2.42. The van der Waals surface area contributed by atoms with Crippen LogP contribution < -0.4 is 0 Å². The molecule has 0 bridgehead atoms. The first kappa shape index (κ1) is 25.2. The van der Waals surface area contributed by atoms with Gasteiger partial charge in [-0.15, -0.1) is 0 Å². The standard InChI is InChI=1S/C44H28N2/c1-2-12-34(13-3-1)45-40-16-8-6-14-36(40)39-28-32(20-24-42(39)45)29-18-22-35(23-19-29)46-41-17-9-7-15-37(41)44-38-27-31-11-5-4-10-30(31)26-33(38)21-25-43(44)46/h1-28H. The van der Waals surface area contributed by atoms with E-state index in [-0.39, 0.29) is 0 Å². The first-order valence-electron chi connectivity index (χ1n) is 15.9. The second-order valence-electron chi connectivity index (χ2n) is 12.2. The van der Waals surface area contributed by atoms with E-state index in [2.05, 4.69) is 179 Å². The summed E-state index contributed by atoms with van der Waals surface area (Å²) < 4.78 is 4.78. The van der Waals surface area contributed by atoms with Crippen molar-refractivity contribution in [1.82, 2.24) is 9.13 Å². The van der Waals surface area contributed by atoms with Gasteiger partial charge in [-0.25, -0.2) is 0 Å². The monoisotopic (exact) mass is 584 g/mol. The van der Waals surface area contributed by atoms with Gasteiger partial charge in [-0.3, -0.25) is 0 Å². The maximum Gasteiger partial charge on any atom is 0.0547 e. The lowest BCUT2D eigenvalue weighted by atomic mass is 9.99. The number of aromatic nitrogens is 2. The third-order valence-electron chi connectivity index (χ3n) is 9.67. The van der Waals surface area contributed by atoms with Gasteiger partial charge in [0.1, 0.15) is 0 Å². The van der Waals surface area contributed by atoms with E-state index < -0.39 is 0 Å². The van der Waals surface area contributed by atoms with Crippen LogP contribution >= 0.6 is 0 Å². The quantitative estimate of drug-likeness (QED) is 0.183. The van der Waals surface area contributed by atoms with E-state index in [4.69, 9.17) is 0 Å². The largest absolute Gasteiger partial charge is 0.309 e. The van der Waals surface area contributed by atoms with Crippen molar-refractivity contribution in [3.63, 3.8) is 0 Å². The Kier molecular flexibility index (Phi) is 5.31. The van der Waals surface area contributed by atoms with Crippen LogP contribution in [-0.2, 0) is 0 Å². The van der Waals surface area contributed by atoms with Crippen molar-refractivity contribution >= 4 is 65.2 Å². The Morgan fingerprint density at radius 2 is 0.848 bits per heavy atom. The Labute approximate surface area is 266 Å². The van der Waals surface area contributed by atoms with E-state index >= 15 is 0 Å². The third-order valence-corrected chi connectivity index (χ3v) is 9.67. The van der Waals surface area contributed by atoms with Crippen molar-refractivity contribution < 1.29 is 0 Å². The number of rotatable bonds is 3. The number of para-hydroxylation sites is 3. The average molecular weight is 585 g/mol. The molecule has 0 atom stereocenters. The summed E-state index contributed by atoms with van der Waals surface area (Å²) in [5.74, 6) is 0. The molecule has 0 radical (unpaired) electrons. The molecular formula is C44H28N2. The number of nitrogens with zero attached hydrogens (tertiary/aromatic N) is 2. The Balaban J connectivity index is 1.13. The predicted molar refractivity (Wildman–Crippen MR) is 196 cm³/mol. The fourth-order valence-corrected chi connectivity index (χ4v) is 7.57. The average Bonchev–Trinajstić information content (AvgIpc) is 3.64. The zero-order valence-corrected chi connectivity index (χ0v) is 25.1. The summed E-state index contributed by atoms with van der Waals surface area (Å²) in [6, 6.07) is 62.0. The van der Waals surface area contributed by atoms with Gasteiger partial charge < -0.3 is 9.13 Å². The lowest BCUT2D eigenvalue weighted by Gasteiger charge is -2.11. The van der Waals surface area contributed by atoms with E-state index in [1.54, 1.807) is 0 Å². The van der Waals surface area contributed by atoms with Crippen LogP contribution in [0.5, 0.6) is 0 Å². The molecule has 46 heavy (non-hydrogen) atoms. The molecule has 10 rings (SSSR count). The first-order chi connectivity index (χ1) is 22.8. The molecule has 0 amide bonds. The zero-order chi connectivity index (χ0) is 30.2. The van der Waals surface area contributed by atoms with E-state index in [0.29, 0.717) is 0 Å². The van der Waals surface area contributed by atoms with E-state index in [1.165, 1.54) is 82.0 Å². The molecule has 0 unspecified atom stereocenters. The predicted octanol–water partition coefficient (Wildman–Crippen LogP) is 11.9.